The van der Waals surface area contributed by atoms with Crippen LogP contribution in [0, 0.1) is 23.1 Å². The predicted octanol–water partition coefficient (Wildman–Crippen LogP) is 2.13. The van der Waals surface area contributed by atoms with Gasteiger partial charge in [0.1, 0.15) is 11.9 Å². The maximum absolute atomic E-state index is 13.2. The maximum Gasteiger partial charge on any atom is 0.143 e. The summed E-state index contributed by atoms with van der Waals surface area (Å²) in [6.07, 6.45) is 0.714. The standard InChI is InChI=1S/C12H15FN2O/c1-9(4-5-16)8-15-11-3-2-10(7-14)12(13)6-11/h2-3,6,9,15-16H,4-5,8H2,1H3. The van der Waals surface area contributed by atoms with Crippen molar-refractivity contribution in [1.82, 2.24) is 0 Å². The number of aliphatic hydroxyl groups is 1. The van der Waals surface area contributed by atoms with Crippen LogP contribution < -0.4 is 5.32 Å². The maximum atomic E-state index is 13.2. The Morgan fingerprint density at radius 2 is 2.31 bits per heavy atom. The molecule has 1 atom stereocenters. The Bertz CT molecular complexity index is 387. The van der Waals surface area contributed by atoms with Gasteiger partial charge in [-0.1, -0.05) is 6.92 Å². The van der Waals surface area contributed by atoms with Crippen LogP contribution in [-0.2, 0) is 0 Å². The highest BCUT2D eigenvalue weighted by molar-refractivity contribution is 5.48. The van der Waals surface area contributed by atoms with Crippen LogP contribution in [0.25, 0.3) is 0 Å². The zero-order valence-electron chi connectivity index (χ0n) is 9.20. The number of benzene rings is 1. The van der Waals surface area contributed by atoms with Crippen molar-refractivity contribution in [2.75, 3.05) is 18.5 Å². The zero-order chi connectivity index (χ0) is 12.0. The highest BCUT2D eigenvalue weighted by Gasteiger charge is 2.04. The molecule has 0 radical (unpaired) electrons. The highest BCUT2D eigenvalue weighted by atomic mass is 19.1. The van der Waals surface area contributed by atoms with Crippen LogP contribution in [0.2, 0.25) is 0 Å². The molecular formula is C12H15FN2O. The summed E-state index contributed by atoms with van der Waals surface area (Å²) < 4.78 is 13.2. The van der Waals surface area contributed by atoms with Crippen molar-refractivity contribution in [2.45, 2.75) is 13.3 Å². The minimum Gasteiger partial charge on any atom is -0.396 e. The van der Waals surface area contributed by atoms with Gasteiger partial charge in [-0.15, -0.1) is 0 Å². The summed E-state index contributed by atoms with van der Waals surface area (Å²) in [7, 11) is 0. The van der Waals surface area contributed by atoms with Crippen molar-refractivity contribution in [2.24, 2.45) is 5.92 Å². The third kappa shape index (κ3) is 3.52. The van der Waals surface area contributed by atoms with Gasteiger partial charge in [-0.05, 0) is 30.5 Å². The minimum absolute atomic E-state index is 0.0500. The Kier molecular flexibility index (Phi) is 4.74. The van der Waals surface area contributed by atoms with E-state index >= 15 is 0 Å². The number of halogens is 1. The van der Waals surface area contributed by atoms with E-state index in [-0.39, 0.29) is 12.2 Å². The fourth-order valence-electron chi connectivity index (χ4n) is 1.33. The third-order valence-corrected chi connectivity index (χ3v) is 2.37. The van der Waals surface area contributed by atoms with E-state index in [4.69, 9.17) is 10.4 Å². The first-order chi connectivity index (χ1) is 7.67. The molecule has 1 aromatic rings. The van der Waals surface area contributed by atoms with Gasteiger partial charge in [-0.3, -0.25) is 0 Å². The van der Waals surface area contributed by atoms with Gasteiger partial charge in [0, 0.05) is 18.8 Å². The lowest BCUT2D eigenvalue weighted by atomic mass is 10.1. The van der Waals surface area contributed by atoms with E-state index in [2.05, 4.69) is 5.32 Å². The van der Waals surface area contributed by atoms with Gasteiger partial charge in [0.05, 0.1) is 5.56 Å². The molecule has 0 aliphatic heterocycles. The van der Waals surface area contributed by atoms with Crippen molar-refractivity contribution in [3.8, 4) is 6.07 Å². The van der Waals surface area contributed by atoms with Gasteiger partial charge in [-0.25, -0.2) is 4.39 Å². The number of rotatable bonds is 5. The molecule has 2 N–H and O–H groups in total. The van der Waals surface area contributed by atoms with E-state index in [0.29, 0.717) is 24.6 Å². The molecule has 1 unspecified atom stereocenters. The molecule has 0 spiro atoms. The van der Waals surface area contributed by atoms with Crippen molar-refractivity contribution < 1.29 is 9.50 Å². The van der Waals surface area contributed by atoms with Gasteiger partial charge >= 0.3 is 0 Å². The molecule has 0 aromatic heterocycles. The minimum atomic E-state index is -0.512. The molecule has 86 valence electrons. The number of nitrogens with one attached hydrogen (secondary N) is 1. The van der Waals surface area contributed by atoms with Gasteiger partial charge in [0.15, 0.2) is 0 Å². The molecule has 1 aromatic carbocycles. The summed E-state index contributed by atoms with van der Waals surface area (Å²) in [6, 6.07) is 6.21. The lowest BCUT2D eigenvalue weighted by Gasteiger charge is -2.12. The number of aliphatic hydroxyl groups excluding tert-OH is 1. The molecule has 0 amide bonds. The topological polar surface area (TPSA) is 56.0 Å². The highest BCUT2D eigenvalue weighted by Crippen LogP contribution is 2.14. The third-order valence-electron chi connectivity index (χ3n) is 2.37. The van der Waals surface area contributed by atoms with Crippen LogP contribution in [0.3, 0.4) is 0 Å². The van der Waals surface area contributed by atoms with Crippen molar-refractivity contribution >= 4 is 5.69 Å². The molecule has 0 aliphatic carbocycles. The summed E-state index contributed by atoms with van der Waals surface area (Å²) in [4.78, 5) is 0. The molecule has 0 bridgehead atoms. The van der Waals surface area contributed by atoms with Crippen LogP contribution in [0.1, 0.15) is 18.9 Å². The smallest absolute Gasteiger partial charge is 0.143 e. The fraction of sp³-hybridized carbons (Fsp3) is 0.417. The second-order valence-electron chi connectivity index (χ2n) is 3.80. The van der Waals surface area contributed by atoms with E-state index in [1.54, 1.807) is 12.1 Å². The Hall–Kier alpha value is -1.60. The summed E-state index contributed by atoms with van der Waals surface area (Å²) in [6.45, 7) is 2.83. The summed E-state index contributed by atoms with van der Waals surface area (Å²) in [5.74, 6) is -0.189. The zero-order valence-corrected chi connectivity index (χ0v) is 9.20. The summed E-state index contributed by atoms with van der Waals surface area (Å²) >= 11 is 0. The molecular weight excluding hydrogens is 207 g/mol. The Labute approximate surface area is 94.5 Å². The second kappa shape index (κ2) is 6.09. The molecule has 4 heteroatoms. The number of anilines is 1. The van der Waals surface area contributed by atoms with E-state index in [1.807, 2.05) is 6.92 Å². The SMILES string of the molecule is CC(CCO)CNc1ccc(C#N)c(F)c1. The van der Waals surface area contributed by atoms with E-state index < -0.39 is 5.82 Å². The van der Waals surface area contributed by atoms with Crippen LogP contribution in [0.5, 0.6) is 0 Å². The molecule has 0 heterocycles. The molecule has 0 saturated heterocycles. The Morgan fingerprint density at radius 3 is 2.88 bits per heavy atom. The lowest BCUT2D eigenvalue weighted by Crippen LogP contribution is -2.12. The van der Waals surface area contributed by atoms with Gasteiger partial charge < -0.3 is 10.4 Å². The number of hydrogen-bond acceptors (Lipinski definition) is 3. The van der Waals surface area contributed by atoms with Crippen LogP contribution in [0.15, 0.2) is 18.2 Å². The molecule has 0 saturated carbocycles. The molecule has 3 nitrogen and oxygen atoms in total. The second-order valence-corrected chi connectivity index (χ2v) is 3.80. The van der Waals surface area contributed by atoms with Crippen LogP contribution >= 0.6 is 0 Å². The molecule has 16 heavy (non-hydrogen) atoms. The molecule has 1 rings (SSSR count). The monoisotopic (exact) mass is 222 g/mol. The molecule has 0 fully saturated rings. The first-order valence-corrected chi connectivity index (χ1v) is 5.21. The predicted molar refractivity (Wildman–Crippen MR) is 60.5 cm³/mol. The summed E-state index contributed by atoms with van der Waals surface area (Å²) in [5.41, 5.74) is 0.704. The van der Waals surface area contributed by atoms with Crippen molar-refractivity contribution in [1.29, 1.82) is 5.26 Å². The Balaban J connectivity index is 2.56. The largest absolute Gasteiger partial charge is 0.396 e. The first-order valence-electron chi connectivity index (χ1n) is 5.21. The lowest BCUT2D eigenvalue weighted by molar-refractivity contribution is 0.266. The fourth-order valence-corrected chi connectivity index (χ4v) is 1.33. The van der Waals surface area contributed by atoms with E-state index in [0.717, 1.165) is 0 Å². The van der Waals surface area contributed by atoms with Gasteiger partial charge in [-0.2, -0.15) is 5.26 Å². The van der Waals surface area contributed by atoms with E-state index in [9.17, 15) is 4.39 Å². The van der Waals surface area contributed by atoms with Crippen LogP contribution in [-0.4, -0.2) is 18.3 Å². The normalized spacial score (nSPS) is 11.9. The average molecular weight is 222 g/mol. The first kappa shape index (κ1) is 12.5. The molecule has 0 aliphatic rings. The number of hydrogen-bond donors (Lipinski definition) is 2. The number of nitriles is 1. The summed E-state index contributed by atoms with van der Waals surface area (Å²) in [5, 5.41) is 20.3. The van der Waals surface area contributed by atoms with Crippen molar-refractivity contribution in [3.05, 3.63) is 29.6 Å². The average Bonchev–Trinajstić information content (AvgIpc) is 2.27. The Morgan fingerprint density at radius 1 is 1.56 bits per heavy atom. The number of nitrogens with zero attached hydrogens (tertiary/aromatic N) is 1. The van der Waals surface area contributed by atoms with Gasteiger partial charge in [0.2, 0.25) is 0 Å². The van der Waals surface area contributed by atoms with Crippen LogP contribution in [0.4, 0.5) is 10.1 Å². The van der Waals surface area contributed by atoms with E-state index in [1.165, 1.54) is 12.1 Å². The van der Waals surface area contributed by atoms with Crippen molar-refractivity contribution in [3.63, 3.8) is 0 Å². The quantitative estimate of drug-likeness (QED) is 0.802. The van der Waals surface area contributed by atoms with Gasteiger partial charge in [0.25, 0.3) is 0 Å².